The van der Waals surface area contributed by atoms with E-state index in [0.717, 1.165) is 16.6 Å². The first-order valence-corrected chi connectivity index (χ1v) is 6.55. The van der Waals surface area contributed by atoms with Crippen LogP contribution < -0.4 is 5.73 Å². The number of carboxylic acid groups (broad SMARTS) is 1. The van der Waals surface area contributed by atoms with Crippen molar-refractivity contribution in [1.29, 1.82) is 0 Å². The zero-order valence-electron chi connectivity index (χ0n) is 11.8. The minimum Gasteiger partial charge on any atom is -0.478 e. The Morgan fingerprint density at radius 3 is 2.62 bits per heavy atom. The minimum absolute atomic E-state index is 0.199. The monoisotopic (exact) mass is 281 g/mol. The molecule has 1 heterocycles. The van der Waals surface area contributed by atoms with Crippen LogP contribution in [0.3, 0.4) is 0 Å². The predicted octanol–water partition coefficient (Wildman–Crippen LogP) is 2.92. The van der Waals surface area contributed by atoms with Crippen molar-refractivity contribution in [2.45, 2.75) is 13.8 Å². The number of aromatic nitrogens is 2. The summed E-state index contributed by atoms with van der Waals surface area (Å²) < 4.78 is 1.82. The Kier molecular flexibility index (Phi) is 2.90. The molecule has 1 aromatic heterocycles. The third-order valence-corrected chi connectivity index (χ3v) is 3.70. The number of carboxylic acids is 1. The molecular weight excluding hydrogens is 266 g/mol. The molecule has 0 atom stereocenters. The third kappa shape index (κ3) is 2.12. The van der Waals surface area contributed by atoms with Gasteiger partial charge < -0.3 is 10.8 Å². The Labute approximate surface area is 121 Å². The molecule has 106 valence electrons. The molecule has 0 unspecified atom stereocenters. The van der Waals surface area contributed by atoms with E-state index in [0.29, 0.717) is 11.4 Å². The summed E-state index contributed by atoms with van der Waals surface area (Å²) >= 11 is 0. The maximum atomic E-state index is 11.1. The van der Waals surface area contributed by atoms with E-state index in [-0.39, 0.29) is 5.56 Å². The smallest absolute Gasteiger partial charge is 0.335 e. The van der Waals surface area contributed by atoms with E-state index in [1.165, 1.54) is 11.6 Å². The van der Waals surface area contributed by atoms with Gasteiger partial charge in [-0.15, -0.1) is 0 Å². The fraction of sp³-hybridized carbons (Fsp3) is 0.125. The average Bonchev–Trinajstić information content (AvgIpc) is 2.82. The van der Waals surface area contributed by atoms with E-state index in [9.17, 15) is 4.79 Å². The van der Waals surface area contributed by atoms with Crippen LogP contribution in [0, 0.1) is 13.8 Å². The van der Waals surface area contributed by atoms with Crippen LogP contribution in [0.4, 0.5) is 5.69 Å². The van der Waals surface area contributed by atoms with Crippen molar-refractivity contribution in [2.75, 3.05) is 5.73 Å². The fourth-order valence-corrected chi connectivity index (χ4v) is 2.34. The van der Waals surface area contributed by atoms with Gasteiger partial charge in [0, 0.05) is 0 Å². The number of carbonyl (C=O) groups is 1. The predicted molar refractivity (Wildman–Crippen MR) is 81.9 cm³/mol. The summed E-state index contributed by atoms with van der Waals surface area (Å²) in [6.45, 7) is 4.07. The molecule has 5 nitrogen and oxygen atoms in total. The highest BCUT2D eigenvalue weighted by atomic mass is 16.4. The van der Waals surface area contributed by atoms with Gasteiger partial charge in [-0.3, -0.25) is 4.57 Å². The van der Waals surface area contributed by atoms with Gasteiger partial charge in [0.2, 0.25) is 0 Å². The summed E-state index contributed by atoms with van der Waals surface area (Å²) in [4.78, 5) is 15.5. The molecule has 0 fully saturated rings. The Hall–Kier alpha value is -2.82. The van der Waals surface area contributed by atoms with Gasteiger partial charge in [0.1, 0.15) is 6.33 Å². The molecule has 21 heavy (non-hydrogen) atoms. The van der Waals surface area contributed by atoms with Crippen LogP contribution in [0.25, 0.3) is 16.7 Å². The summed E-state index contributed by atoms with van der Waals surface area (Å²) in [5.74, 6) is -0.979. The molecule has 0 aliphatic heterocycles. The second kappa shape index (κ2) is 4.63. The molecular formula is C16H15N3O2. The first-order valence-electron chi connectivity index (χ1n) is 6.55. The molecule has 0 amide bonds. The van der Waals surface area contributed by atoms with Gasteiger partial charge in [0.15, 0.2) is 0 Å². The number of nitrogens with zero attached hydrogens (tertiary/aromatic N) is 2. The van der Waals surface area contributed by atoms with E-state index in [1.807, 2.05) is 30.5 Å². The molecule has 3 rings (SSSR count). The first kappa shape index (κ1) is 13.2. The van der Waals surface area contributed by atoms with Crippen LogP contribution in [0.1, 0.15) is 21.5 Å². The van der Waals surface area contributed by atoms with Crippen molar-refractivity contribution in [3.63, 3.8) is 0 Å². The number of aromatic carboxylic acids is 1. The lowest BCUT2D eigenvalue weighted by Gasteiger charge is -2.10. The number of hydrogen-bond donors (Lipinski definition) is 2. The molecule has 0 saturated heterocycles. The molecule has 0 spiro atoms. The highest BCUT2D eigenvalue weighted by molar-refractivity contribution is 5.90. The summed E-state index contributed by atoms with van der Waals surface area (Å²) in [5.41, 5.74) is 11.4. The van der Waals surface area contributed by atoms with E-state index in [2.05, 4.69) is 4.98 Å². The van der Waals surface area contributed by atoms with Crippen LogP contribution in [-0.2, 0) is 0 Å². The Bertz CT molecular complexity index is 865. The first-order chi connectivity index (χ1) is 9.97. The van der Waals surface area contributed by atoms with Crippen LogP contribution in [0.2, 0.25) is 0 Å². The maximum Gasteiger partial charge on any atom is 0.335 e. The van der Waals surface area contributed by atoms with Crippen molar-refractivity contribution in [3.8, 4) is 5.69 Å². The number of benzene rings is 2. The normalized spacial score (nSPS) is 11.0. The molecule has 0 bridgehead atoms. The lowest BCUT2D eigenvalue weighted by Crippen LogP contribution is -2.03. The SMILES string of the molecule is Cc1cc2ncn(-c3cc(C(=O)O)ccc3N)c2cc1C. The maximum absolute atomic E-state index is 11.1. The number of hydrogen-bond acceptors (Lipinski definition) is 3. The topological polar surface area (TPSA) is 81.1 Å². The zero-order valence-corrected chi connectivity index (χ0v) is 11.8. The van der Waals surface area contributed by atoms with Crippen molar-refractivity contribution in [1.82, 2.24) is 9.55 Å². The second-order valence-electron chi connectivity index (χ2n) is 5.12. The van der Waals surface area contributed by atoms with Gasteiger partial charge >= 0.3 is 5.97 Å². The van der Waals surface area contributed by atoms with Crippen molar-refractivity contribution in [3.05, 3.63) is 53.3 Å². The second-order valence-corrected chi connectivity index (χ2v) is 5.12. The number of nitrogen functional groups attached to an aromatic ring is 1. The summed E-state index contributed by atoms with van der Waals surface area (Å²) in [6.07, 6.45) is 1.67. The van der Waals surface area contributed by atoms with Gasteiger partial charge in [-0.2, -0.15) is 0 Å². The Morgan fingerprint density at radius 2 is 1.90 bits per heavy atom. The Morgan fingerprint density at radius 1 is 1.19 bits per heavy atom. The number of imidazole rings is 1. The van der Waals surface area contributed by atoms with Gasteiger partial charge in [0.25, 0.3) is 0 Å². The van der Waals surface area contributed by atoms with Gasteiger partial charge in [-0.1, -0.05) is 0 Å². The minimum atomic E-state index is -0.979. The fourth-order valence-electron chi connectivity index (χ4n) is 2.34. The zero-order chi connectivity index (χ0) is 15.1. The molecule has 0 aliphatic rings. The third-order valence-electron chi connectivity index (χ3n) is 3.70. The summed E-state index contributed by atoms with van der Waals surface area (Å²) in [6, 6.07) is 8.71. The average molecular weight is 281 g/mol. The van der Waals surface area contributed by atoms with Crippen molar-refractivity contribution >= 4 is 22.7 Å². The van der Waals surface area contributed by atoms with Crippen LogP contribution in [-0.4, -0.2) is 20.6 Å². The number of aryl methyl sites for hydroxylation is 2. The van der Waals surface area contributed by atoms with Crippen LogP contribution in [0.5, 0.6) is 0 Å². The van der Waals surface area contributed by atoms with E-state index in [4.69, 9.17) is 10.8 Å². The molecule has 3 aromatic rings. The summed E-state index contributed by atoms with van der Waals surface area (Å²) in [7, 11) is 0. The van der Waals surface area contributed by atoms with E-state index < -0.39 is 5.97 Å². The highest BCUT2D eigenvalue weighted by Crippen LogP contribution is 2.25. The van der Waals surface area contributed by atoms with E-state index in [1.54, 1.807) is 18.5 Å². The standard InChI is InChI=1S/C16H15N3O2/c1-9-5-13-15(6-10(9)2)19(8-18-13)14-7-11(16(20)21)3-4-12(14)17/h3-8H,17H2,1-2H3,(H,20,21). The van der Waals surface area contributed by atoms with Crippen molar-refractivity contribution in [2.24, 2.45) is 0 Å². The van der Waals surface area contributed by atoms with Gasteiger partial charge in [0.05, 0.1) is 28.0 Å². The molecule has 3 N–H and O–H groups in total. The van der Waals surface area contributed by atoms with Gasteiger partial charge in [-0.05, 0) is 55.3 Å². The Balaban J connectivity index is 2.28. The lowest BCUT2D eigenvalue weighted by atomic mass is 10.1. The van der Waals surface area contributed by atoms with Crippen LogP contribution >= 0.6 is 0 Å². The van der Waals surface area contributed by atoms with Crippen molar-refractivity contribution < 1.29 is 9.90 Å². The molecule has 0 radical (unpaired) electrons. The number of fused-ring (bicyclic) bond motifs is 1. The van der Waals surface area contributed by atoms with Gasteiger partial charge in [-0.25, -0.2) is 9.78 Å². The number of rotatable bonds is 2. The largest absolute Gasteiger partial charge is 0.478 e. The quantitative estimate of drug-likeness (QED) is 0.708. The van der Waals surface area contributed by atoms with Crippen LogP contribution in [0.15, 0.2) is 36.7 Å². The lowest BCUT2D eigenvalue weighted by molar-refractivity contribution is 0.0697. The highest BCUT2D eigenvalue weighted by Gasteiger charge is 2.12. The molecule has 0 saturated carbocycles. The number of anilines is 1. The van der Waals surface area contributed by atoms with E-state index >= 15 is 0 Å². The molecule has 2 aromatic carbocycles. The molecule has 0 aliphatic carbocycles. The summed E-state index contributed by atoms with van der Waals surface area (Å²) in [5, 5.41) is 9.13. The number of nitrogens with two attached hydrogens (primary N) is 1. The molecule has 5 heteroatoms.